The van der Waals surface area contributed by atoms with Crippen LogP contribution in [-0.4, -0.2) is 18.4 Å². The van der Waals surface area contributed by atoms with Gasteiger partial charge in [-0.3, -0.25) is 9.71 Å². The minimum Gasteiger partial charge on any atom is -0.280 e. The Morgan fingerprint density at radius 3 is 2.55 bits per heavy atom. The normalized spacial score (nSPS) is 11.4. The number of hydrogen-bond donors (Lipinski definition) is 1. The number of rotatable bonds is 5. The quantitative estimate of drug-likeness (QED) is 0.475. The maximum Gasteiger partial charge on any atom is 0.262 e. The highest BCUT2D eigenvalue weighted by Gasteiger charge is 2.17. The van der Waals surface area contributed by atoms with Crippen LogP contribution in [0.25, 0.3) is 22.0 Å². The lowest BCUT2D eigenvalue weighted by Gasteiger charge is -2.11. The molecule has 0 radical (unpaired) electrons. The third kappa shape index (κ3) is 4.21. The van der Waals surface area contributed by atoms with Crippen molar-refractivity contribution in [3.63, 3.8) is 0 Å². The van der Waals surface area contributed by atoms with E-state index in [0.29, 0.717) is 11.3 Å². The molecule has 2 heterocycles. The molecule has 7 heteroatoms. The molecule has 0 atom stereocenters. The lowest BCUT2D eigenvalue weighted by atomic mass is 10.1. The van der Waals surface area contributed by atoms with Crippen LogP contribution in [0.15, 0.2) is 77.1 Å². The molecule has 0 bridgehead atoms. The van der Waals surface area contributed by atoms with E-state index in [9.17, 15) is 8.42 Å². The molecule has 0 aliphatic rings. The summed E-state index contributed by atoms with van der Waals surface area (Å²) in [6.07, 6.45) is 1.73. The molecule has 0 fully saturated rings. The molecule has 0 unspecified atom stereocenters. The van der Waals surface area contributed by atoms with Gasteiger partial charge < -0.3 is 0 Å². The molecule has 0 saturated carbocycles. The Morgan fingerprint density at radius 1 is 0.931 bits per heavy atom. The second kappa shape index (κ2) is 7.77. The lowest BCUT2D eigenvalue weighted by molar-refractivity contribution is 0.600. The molecule has 29 heavy (non-hydrogen) atoms. The van der Waals surface area contributed by atoms with Gasteiger partial charge in [-0.1, -0.05) is 35.9 Å². The Morgan fingerprint density at radius 2 is 1.79 bits per heavy atom. The van der Waals surface area contributed by atoms with Gasteiger partial charge in [0.15, 0.2) is 0 Å². The molecule has 0 spiro atoms. The third-order valence-corrected chi connectivity index (χ3v) is 6.83. The fraction of sp³-hybridized carbons (Fsp3) is 0.0909. The predicted molar refractivity (Wildman–Crippen MR) is 118 cm³/mol. The van der Waals surface area contributed by atoms with Gasteiger partial charge in [-0.05, 0) is 49.7 Å². The van der Waals surface area contributed by atoms with Gasteiger partial charge in [0.25, 0.3) is 10.0 Å². The number of aromatic nitrogens is 2. The number of benzene rings is 2. The van der Waals surface area contributed by atoms with Gasteiger partial charge in [-0.15, -0.1) is 11.3 Å². The molecule has 0 saturated heterocycles. The zero-order chi connectivity index (χ0) is 20.4. The average Bonchev–Trinajstić information content (AvgIpc) is 3.18. The molecule has 0 amide bonds. The highest BCUT2D eigenvalue weighted by molar-refractivity contribution is 7.92. The first-order chi connectivity index (χ1) is 13.9. The number of nitrogens with one attached hydrogen (secondary N) is 1. The Bertz CT molecular complexity index is 1270. The molecular weight excluding hydrogens is 402 g/mol. The minimum absolute atomic E-state index is 0.277. The number of pyridine rings is 1. The number of hydrogen-bond acceptors (Lipinski definition) is 5. The van der Waals surface area contributed by atoms with Crippen LogP contribution in [0.5, 0.6) is 0 Å². The standard InChI is InChI=1S/C22H19N3O2S2/c1-15-9-10-21(16(2)12-15)29(26,27)25-18-7-5-6-17(13-18)20-14-28-22(24-20)19-8-3-4-11-23-19/h3-14,25H,1-2H3. The van der Waals surface area contributed by atoms with Crippen molar-refractivity contribution in [2.45, 2.75) is 18.7 Å². The van der Waals surface area contributed by atoms with Crippen molar-refractivity contribution in [3.05, 3.63) is 83.4 Å². The van der Waals surface area contributed by atoms with E-state index >= 15 is 0 Å². The maximum absolute atomic E-state index is 12.8. The van der Waals surface area contributed by atoms with Crippen LogP contribution in [0.1, 0.15) is 11.1 Å². The summed E-state index contributed by atoms with van der Waals surface area (Å²) in [4.78, 5) is 9.25. The van der Waals surface area contributed by atoms with E-state index in [1.165, 1.54) is 11.3 Å². The molecular formula is C22H19N3O2S2. The van der Waals surface area contributed by atoms with Crippen molar-refractivity contribution in [1.82, 2.24) is 9.97 Å². The molecule has 0 aliphatic carbocycles. The van der Waals surface area contributed by atoms with E-state index in [1.807, 2.05) is 48.7 Å². The first-order valence-electron chi connectivity index (χ1n) is 9.00. The van der Waals surface area contributed by atoms with Crippen molar-refractivity contribution < 1.29 is 8.42 Å². The van der Waals surface area contributed by atoms with Gasteiger partial charge in [-0.25, -0.2) is 13.4 Å². The van der Waals surface area contributed by atoms with Crippen LogP contribution in [0, 0.1) is 13.8 Å². The average molecular weight is 422 g/mol. The van der Waals surface area contributed by atoms with Crippen molar-refractivity contribution in [2.24, 2.45) is 0 Å². The molecule has 1 N–H and O–H groups in total. The molecule has 146 valence electrons. The predicted octanol–water partition coefficient (Wildman–Crippen LogP) is 5.29. The monoisotopic (exact) mass is 421 g/mol. The summed E-state index contributed by atoms with van der Waals surface area (Å²) in [5.41, 5.74) is 4.67. The van der Waals surface area contributed by atoms with Gasteiger partial charge in [0.2, 0.25) is 0 Å². The Hall–Kier alpha value is -3.03. The van der Waals surface area contributed by atoms with Crippen LogP contribution < -0.4 is 4.72 Å². The highest BCUT2D eigenvalue weighted by Crippen LogP contribution is 2.29. The highest BCUT2D eigenvalue weighted by atomic mass is 32.2. The second-order valence-corrected chi connectivity index (χ2v) is 9.22. The number of aryl methyl sites for hydroxylation is 2. The smallest absolute Gasteiger partial charge is 0.262 e. The van der Waals surface area contributed by atoms with Crippen molar-refractivity contribution in [3.8, 4) is 22.0 Å². The van der Waals surface area contributed by atoms with Crippen molar-refractivity contribution in [1.29, 1.82) is 0 Å². The van der Waals surface area contributed by atoms with Crippen LogP contribution in [0.2, 0.25) is 0 Å². The summed E-state index contributed by atoms with van der Waals surface area (Å²) < 4.78 is 28.4. The Labute approximate surface area is 174 Å². The van der Waals surface area contributed by atoms with E-state index in [-0.39, 0.29) is 4.90 Å². The zero-order valence-electron chi connectivity index (χ0n) is 16.0. The first-order valence-corrected chi connectivity index (χ1v) is 11.4. The largest absolute Gasteiger partial charge is 0.280 e. The number of sulfonamides is 1. The van der Waals surface area contributed by atoms with E-state index in [4.69, 9.17) is 0 Å². The SMILES string of the molecule is Cc1ccc(S(=O)(=O)Nc2cccc(-c3csc(-c4ccccn4)n3)c2)c(C)c1. The zero-order valence-corrected chi connectivity index (χ0v) is 17.6. The van der Waals surface area contributed by atoms with Crippen LogP contribution in [0.3, 0.4) is 0 Å². The van der Waals surface area contributed by atoms with Crippen molar-refractivity contribution in [2.75, 3.05) is 4.72 Å². The molecule has 4 aromatic rings. The van der Waals surface area contributed by atoms with E-state index in [1.54, 1.807) is 37.4 Å². The Kier molecular flexibility index (Phi) is 5.17. The van der Waals surface area contributed by atoms with E-state index in [0.717, 1.165) is 27.5 Å². The summed E-state index contributed by atoms with van der Waals surface area (Å²) in [7, 11) is -3.68. The lowest BCUT2D eigenvalue weighted by Crippen LogP contribution is -2.14. The molecule has 5 nitrogen and oxygen atoms in total. The summed E-state index contributed by atoms with van der Waals surface area (Å²) in [5, 5.41) is 2.77. The van der Waals surface area contributed by atoms with E-state index in [2.05, 4.69) is 14.7 Å². The van der Waals surface area contributed by atoms with Gasteiger partial charge in [0.05, 0.1) is 16.3 Å². The fourth-order valence-corrected chi connectivity index (χ4v) is 5.15. The molecule has 0 aliphatic heterocycles. The second-order valence-electron chi connectivity index (χ2n) is 6.71. The first kappa shape index (κ1) is 19.3. The summed E-state index contributed by atoms with van der Waals surface area (Å²) in [6.45, 7) is 3.74. The molecule has 2 aromatic heterocycles. The molecule has 4 rings (SSSR count). The fourth-order valence-electron chi connectivity index (χ4n) is 3.07. The van der Waals surface area contributed by atoms with Gasteiger partial charge in [0.1, 0.15) is 5.01 Å². The molecule has 2 aromatic carbocycles. The van der Waals surface area contributed by atoms with E-state index < -0.39 is 10.0 Å². The third-order valence-electron chi connectivity index (χ3n) is 4.42. The van der Waals surface area contributed by atoms with Crippen LogP contribution >= 0.6 is 11.3 Å². The van der Waals surface area contributed by atoms with Gasteiger partial charge >= 0.3 is 0 Å². The van der Waals surface area contributed by atoms with Crippen LogP contribution in [-0.2, 0) is 10.0 Å². The number of nitrogens with zero attached hydrogens (tertiary/aromatic N) is 2. The summed E-state index contributed by atoms with van der Waals surface area (Å²) in [5.74, 6) is 0. The maximum atomic E-state index is 12.8. The topological polar surface area (TPSA) is 72.0 Å². The number of anilines is 1. The van der Waals surface area contributed by atoms with Gasteiger partial charge in [0, 0.05) is 22.8 Å². The summed E-state index contributed by atoms with van der Waals surface area (Å²) >= 11 is 1.50. The Balaban J connectivity index is 1.62. The summed E-state index contributed by atoms with van der Waals surface area (Å²) in [6, 6.07) is 18.2. The van der Waals surface area contributed by atoms with Crippen molar-refractivity contribution >= 4 is 27.0 Å². The minimum atomic E-state index is -3.68. The van der Waals surface area contributed by atoms with Gasteiger partial charge in [-0.2, -0.15) is 0 Å². The number of thiazole rings is 1. The van der Waals surface area contributed by atoms with Crippen LogP contribution in [0.4, 0.5) is 5.69 Å².